The molecule has 0 aromatic rings. The third kappa shape index (κ3) is 2.69. The Hall–Kier alpha value is -0.620. The van der Waals surface area contributed by atoms with Crippen LogP contribution in [0.5, 0.6) is 0 Å². The van der Waals surface area contributed by atoms with Crippen molar-refractivity contribution in [3.05, 3.63) is 0 Å². The summed E-state index contributed by atoms with van der Waals surface area (Å²) in [6.45, 7) is 2.39. The minimum Gasteiger partial charge on any atom is -0.481 e. The van der Waals surface area contributed by atoms with Crippen LogP contribution < -0.4 is 0 Å². The lowest BCUT2D eigenvalue weighted by atomic mass is 9.81. The summed E-state index contributed by atoms with van der Waals surface area (Å²) in [5.41, 5.74) is -0.761. The normalized spacial score (nSPS) is 25.6. The largest absolute Gasteiger partial charge is 0.481 e. The van der Waals surface area contributed by atoms with Gasteiger partial charge in [-0.25, -0.2) is 12.7 Å². The average Bonchev–Trinajstić information content (AvgIpc) is 2.24. The molecule has 0 amide bonds. The molecular weight excluding hydrogens is 254 g/mol. The van der Waals surface area contributed by atoms with E-state index in [1.807, 2.05) is 0 Å². The molecule has 18 heavy (non-hydrogen) atoms. The van der Waals surface area contributed by atoms with Gasteiger partial charge in [-0.15, -0.1) is 0 Å². The average molecular weight is 275 g/mol. The van der Waals surface area contributed by atoms with Gasteiger partial charge in [0.1, 0.15) is 0 Å². The van der Waals surface area contributed by atoms with Gasteiger partial charge in [0.25, 0.3) is 0 Å². The van der Waals surface area contributed by atoms with E-state index in [0.29, 0.717) is 31.8 Å². The van der Waals surface area contributed by atoms with Crippen molar-refractivity contribution in [3.8, 4) is 0 Å². The van der Waals surface area contributed by atoms with Gasteiger partial charge in [0.15, 0.2) is 0 Å². The van der Waals surface area contributed by atoms with Crippen molar-refractivity contribution < 1.29 is 18.3 Å². The van der Waals surface area contributed by atoms with E-state index in [1.165, 1.54) is 4.31 Å². The molecule has 2 fully saturated rings. The number of hydrogen-bond donors (Lipinski definition) is 1. The molecule has 6 heteroatoms. The maximum absolute atomic E-state index is 12.1. The predicted molar refractivity (Wildman–Crippen MR) is 67.7 cm³/mol. The fraction of sp³-hybridized carbons (Fsp3) is 0.917. The van der Waals surface area contributed by atoms with Gasteiger partial charge in [0.2, 0.25) is 10.0 Å². The van der Waals surface area contributed by atoms with Crippen LogP contribution in [-0.4, -0.2) is 42.6 Å². The number of sulfonamides is 1. The van der Waals surface area contributed by atoms with E-state index in [0.717, 1.165) is 19.3 Å². The molecule has 0 aromatic heterocycles. The van der Waals surface area contributed by atoms with Gasteiger partial charge >= 0.3 is 5.97 Å². The Balaban J connectivity index is 1.94. The predicted octanol–water partition coefficient (Wildman–Crippen LogP) is 1.30. The van der Waals surface area contributed by atoms with Crippen molar-refractivity contribution in [3.63, 3.8) is 0 Å². The molecule has 1 saturated heterocycles. The smallest absolute Gasteiger partial charge is 0.309 e. The number of aliphatic carboxylic acids is 1. The molecule has 1 aliphatic heterocycles. The fourth-order valence-electron chi connectivity index (χ4n) is 2.53. The van der Waals surface area contributed by atoms with Gasteiger partial charge in [0.05, 0.1) is 11.2 Å². The number of carbonyl (C=O) groups is 1. The molecule has 2 rings (SSSR count). The van der Waals surface area contributed by atoms with Crippen molar-refractivity contribution in [1.82, 2.24) is 4.31 Å². The summed E-state index contributed by atoms with van der Waals surface area (Å²) in [7, 11) is -3.18. The van der Waals surface area contributed by atoms with Crippen LogP contribution in [-0.2, 0) is 14.8 Å². The molecule has 5 nitrogen and oxygen atoms in total. The van der Waals surface area contributed by atoms with Gasteiger partial charge < -0.3 is 5.11 Å². The number of nitrogens with zero attached hydrogens (tertiary/aromatic N) is 1. The Kier molecular flexibility index (Phi) is 3.69. The number of carboxylic acid groups (broad SMARTS) is 1. The Morgan fingerprint density at radius 3 is 2.28 bits per heavy atom. The molecule has 2 aliphatic rings. The zero-order valence-corrected chi connectivity index (χ0v) is 11.6. The fourth-order valence-corrected chi connectivity index (χ4v) is 4.41. The standard InChI is InChI=1S/C12H21NO4S/c1-12(11(14)15)5-7-13(8-6-12)18(16,17)9-10-3-2-4-10/h10H,2-9H2,1H3,(H,14,15). The van der Waals surface area contributed by atoms with Crippen LogP contribution in [0.2, 0.25) is 0 Å². The number of carboxylic acids is 1. The first kappa shape index (κ1) is 13.8. The molecule has 0 bridgehead atoms. The highest BCUT2D eigenvalue weighted by Gasteiger charge is 2.40. The van der Waals surface area contributed by atoms with Gasteiger partial charge in [-0.3, -0.25) is 4.79 Å². The molecule has 0 unspecified atom stereocenters. The quantitative estimate of drug-likeness (QED) is 0.839. The van der Waals surface area contributed by atoms with E-state index in [4.69, 9.17) is 5.11 Å². The first-order chi connectivity index (χ1) is 8.33. The molecule has 0 atom stereocenters. The summed E-state index contributed by atoms with van der Waals surface area (Å²) in [6, 6.07) is 0. The molecule has 1 N–H and O–H groups in total. The molecule has 0 spiro atoms. The van der Waals surface area contributed by atoms with Gasteiger partial charge in [0, 0.05) is 13.1 Å². The molecule has 104 valence electrons. The van der Waals surface area contributed by atoms with Gasteiger partial charge in [-0.1, -0.05) is 6.42 Å². The molecule has 1 heterocycles. The van der Waals surface area contributed by atoms with E-state index in [9.17, 15) is 13.2 Å². The first-order valence-electron chi connectivity index (χ1n) is 6.55. The maximum Gasteiger partial charge on any atom is 0.309 e. The monoisotopic (exact) mass is 275 g/mol. The minimum atomic E-state index is -3.18. The highest BCUT2D eigenvalue weighted by molar-refractivity contribution is 7.89. The molecule has 1 saturated carbocycles. The van der Waals surface area contributed by atoms with Crippen molar-refractivity contribution >= 4 is 16.0 Å². The van der Waals surface area contributed by atoms with E-state index >= 15 is 0 Å². The van der Waals surface area contributed by atoms with Gasteiger partial charge in [-0.05, 0) is 38.5 Å². The van der Waals surface area contributed by atoms with Crippen LogP contribution in [0.1, 0.15) is 39.0 Å². The summed E-state index contributed by atoms with van der Waals surface area (Å²) in [4.78, 5) is 11.1. The number of rotatable bonds is 4. The number of hydrogen-bond acceptors (Lipinski definition) is 3. The topological polar surface area (TPSA) is 74.7 Å². The first-order valence-corrected chi connectivity index (χ1v) is 8.16. The minimum absolute atomic E-state index is 0.247. The summed E-state index contributed by atoms with van der Waals surface area (Å²) in [5.74, 6) is -0.252. The van der Waals surface area contributed by atoms with E-state index in [1.54, 1.807) is 6.92 Å². The van der Waals surface area contributed by atoms with E-state index in [2.05, 4.69) is 0 Å². The SMILES string of the molecule is CC1(C(=O)O)CCN(S(=O)(=O)CC2CCC2)CC1. The summed E-state index contributed by atoms with van der Waals surface area (Å²) in [6.07, 6.45) is 3.98. The van der Waals surface area contributed by atoms with Gasteiger partial charge in [-0.2, -0.15) is 0 Å². The summed E-state index contributed by atoms with van der Waals surface area (Å²) < 4.78 is 25.8. The second kappa shape index (κ2) is 4.81. The Bertz CT molecular complexity index is 419. The zero-order chi connectivity index (χ0) is 13.4. The van der Waals surface area contributed by atoms with Crippen molar-refractivity contribution in [1.29, 1.82) is 0 Å². The summed E-state index contributed by atoms with van der Waals surface area (Å²) in [5, 5.41) is 9.11. The lowest BCUT2D eigenvalue weighted by Gasteiger charge is -2.37. The van der Waals surface area contributed by atoms with Crippen molar-refractivity contribution in [2.24, 2.45) is 11.3 Å². The Morgan fingerprint density at radius 2 is 1.89 bits per heavy atom. The van der Waals surface area contributed by atoms with Crippen LogP contribution in [0.25, 0.3) is 0 Å². The van der Waals surface area contributed by atoms with E-state index in [-0.39, 0.29) is 5.75 Å². The Labute approximate surface area is 108 Å². The van der Waals surface area contributed by atoms with Crippen LogP contribution in [0.15, 0.2) is 0 Å². The van der Waals surface area contributed by atoms with E-state index < -0.39 is 21.4 Å². The molecule has 0 radical (unpaired) electrons. The Morgan fingerprint density at radius 1 is 1.33 bits per heavy atom. The zero-order valence-electron chi connectivity index (χ0n) is 10.8. The van der Waals surface area contributed by atoms with Crippen molar-refractivity contribution in [2.45, 2.75) is 39.0 Å². The second-order valence-electron chi connectivity index (χ2n) is 5.84. The third-order valence-corrected chi connectivity index (χ3v) is 6.45. The lowest BCUT2D eigenvalue weighted by molar-refractivity contribution is -0.150. The van der Waals surface area contributed by atoms with Crippen molar-refractivity contribution in [2.75, 3.05) is 18.8 Å². The summed E-state index contributed by atoms with van der Waals surface area (Å²) >= 11 is 0. The van der Waals surface area contributed by atoms with Crippen LogP contribution in [0.4, 0.5) is 0 Å². The third-order valence-electron chi connectivity index (χ3n) is 4.41. The molecule has 0 aromatic carbocycles. The maximum atomic E-state index is 12.1. The number of piperidine rings is 1. The lowest BCUT2D eigenvalue weighted by Crippen LogP contribution is -2.46. The van der Waals surface area contributed by atoms with Crippen LogP contribution >= 0.6 is 0 Å². The van der Waals surface area contributed by atoms with Crippen LogP contribution in [0, 0.1) is 11.3 Å². The highest BCUT2D eigenvalue weighted by atomic mass is 32.2. The van der Waals surface area contributed by atoms with Crippen LogP contribution in [0.3, 0.4) is 0 Å². The molecular formula is C12H21NO4S. The molecule has 1 aliphatic carbocycles. The highest BCUT2D eigenvalue weighted by Crippen LogP contribution is 2.34. The second-order valence-corrected chi connectivity index (χ2v) is 7.85.